The molecular weight excluding hydrogens is 398 g/mol. The Morgan fingerprint density at radius 2 is 2.03 bits per heavy atom. The van der Waals surface area contributed by atoms with Crippen molar-refractivity contribution in [1.82, 2.24) is 19.9 Å². The van der Waals surface area contributed by atoms with Gasteiger partial charge in [-0.3, -0.25) is 14.9 Å². The van der Waals surface area contributed by atoms with Crippen molar-refractivity contribution in [2.24, 2.45) is 0 Å². The fourth-order valence-electron chi connectivity index (χ4n) is 3.96. The first kappa shape index (κ1) is 20.5. The van der Waals surface area contributed by atoms with E-state index in [0.29, 0.717) is 24.5 Å². The monoisotopic (exact) mass is 421 g/mol. The third-order valence-electron chi connectivity index (χ3n) is 5.47. The van der Waals surface area contributed by atoms with E-state index in [1.165, 1.54) is 16.8 Å². The predicted molar refractivity (Wildman–Crippen MR) is 113 cm³/mol. The molecule has 1 aromatic heterocycles. The number of hydrogen-bond acceptors (Lipinski definition) is 6. The van der Waals surface area contributed by atoms with Crippen LogP contribution in [0.2, 0.25) is 0 Å². The number of nitro groups is 1. The lowest BCUT2D eigenvalue weighted by molar-refractivity contribution is -0.384. The number of likely N-dealkylation sites (tertiary alicyclic amines) is 1. The molecule has 9 heteroatoms. The Labute approximate surface area is 179 Å². The molecule has 4 rings (SSSR count). The summed E-state index contributed by atoms with van der Waals surface area (Å²) < 4.78 is 6.97. The number of rotatable bonds is 6. The number of nitrogens with zero attached hydrogens (tertiary/aromatic N) is 5. The molecule has 1 saturated heterocycles. The summed E-state index contributed by atoms with van der Waals surface area (Å²) in [5.41, 5.74) is 2.29. The van der Waals surface area contributed by atoms with Gasteiger partial charge in [-0.1, -0.05) is 23.4 Å². The van der Waals surface area contributed by atoms with E-state index in [9.17, 15) is 14.9 Å². The maximum atomic E-state index is 13.3. The molecule has 1 aliphatic rings. The molecule has 1 atom stereocenters. The van der Waals surface area contributed by atoms with Gasteiger partial charge in [0.2, 0.25) is 0 Å². The van der Waals surface area contributed by atoms with Gasteiger partial charge in [0.15, 0.2) is 5.69 Å². The molecule has 0 bridgehead atoms. The number of ether oxygens (including phenoxy) is 1. The van der Waals surface area contributed by atoms with Crippen molar-refractivity contribution in [2.75, 3.05) is 13.2 Å². The lowest BCUT2D eigenvalue weighted by Crippen LogP contribution is -2.31. The molecule has 2 heterocycles. The van der Waals surface area contributed by atoms with Crippen LogP contribution in [-0.4, -0.2) is 43.9 Å². The molecule has 0 spiro atoms. The van der Waals surface area contributed by atoms with Crippen molar-refractivity contribution in [3.8, 4) is 11.4 Å². The Morgan fingerprint density at radius 1 is 1.26 bits per heavy atom. The highest BCUT2D eigenvalue weighted by atomic mass is 16.6. The van der Waals surface area contributed by atoms with Crippen molar-refractivity contribution in [1.29, 1.82) is 0 Å². The van der Waals surface area contributed by atoms with E-state index in [4.69, 9.17) is 4.74 Å². The molecule has 9 nitrogen and oxygen atoms in total. The van der Waals surface area contributed by atoms with E-state index < -0.39 is 4.92 Å². The molecule has 0 radical (unpaired) electrons. The molecule has 160 valence electrons. The highest BCUT2D eigenvalue weighted by Gasteiger charge is 2.33. The molecule has 0 N–H and O–H groups in total. The van der Waals surface area contributed by atoms with Crippen molar-refractivity contribution in [3.05, 3.63) is 75.6 Å². The van der Waals surface area contributed by atoms with Crippen LogP contribution < -0.4 is 4.74 Å². The van der Waals surface area contributed by atoms with E-state index in [1.54, 1.807) is 19.1 Å². The Bertz CT molecular complexity index is 1110. The zero-order valence-corrected chi connectivity index (χ0v) is 17.4. The topological polar surface area (TPSA) is 103 Å². The first-order valence-corrected chi connectivity index (χ1v) is 10.2. The van der Waals surface area contributed by atoms with Crippen molar-refractivity contribution in [3.63, 3.8) is 0 Å². The average Bonchev–Trinajstić information content (AvgIpc) is 3.41. The third kappa shape index (κ3) is 3.98. The molecule has 1 amide bonds. The fourth-order valence-corrected chi connectivity index (χ4v) is 3.96. The Balaban J connectivity index is 1.59. The van der Waals surface area contributed by atoms with Gasteiger partial charge in [0.05, 0.1) is 29.0 Å². The summed E-state index contributed by atoms with van der Waals surface area (Å²) in [6.07, 6.45) is 1.78. The number of hydrogen-bond donors (Lipinski definition) is 0. The zero-order chi connectivity index (χ0) is 22.0. The zero-order valence-electron chi connectivity index (χ0n) is 17.4. The SMILES string of the molecule is CCOc1ccc(C2CCCN2C(=O)c2nnn(-c3cccc([N+](=O)[O-])c3)c2C)cc1. The number of aromatic nitrogens is 3. The predicted octanol–water partition coefficient (Wildman–Crippen LogP) is 3.86. The lowest BCUT2D eigenvalue weighted by atomic mass is 10.0. The quantitative estimate of drug-likeness (QED) is 0.442. The highest BCUT2D eigenvalue weighted by Crippen LogP contribution is 2.34. The van der Waals surface area contributed by atoms with Gasteiger partial charge >= 0.3 is 0 Å². The normalized spacial score (nSPS) is 15.8. The van der Waals surface area contributed by atoms with E-state index in [-0.39, 0.29) is 23.3 Å². The molecule has 1 unspecified atom stereocenters. The fraction of sp³-hybridized carbons (Fsp3) is 0.318. The van der Waals surface area contributed by atoms with Crippen molar-refractivity contribution >= 4 is 11.6 Å². The van der Waals surface area contributed by atoms with E-state index >= 15 is 0 Å². The molecule has 1 fully saturated rings. The summed E-state index contributed by atoms with van der Waals surface area (Å²) in [6.45, 7) is 4.93. The molecule has 0 aliphatic carbocycles. The van der Waals surface area contributed by atoms with E-state index in [2.05, 4.69) is 10.3 Å². The largest absolute Gasteiger partial charge is 0.494 e. The number of non-ortho nitro benzene ring substituents is 1. The second kappa shape index (κ2) is 8.55. The van der Waals surface area contributed by atoms with E-state index in [0.717, 1.165) is 24.2 Å². The molecule has 0 saturated carbocycles. The van der Waals surface area contributed by atoms with Crippen LogP contribution >= 0.6 is 0 Å². The highest BCUT2D eigenvalue weighted by molar-refractivity contribution is 5.93. The molecule has 1 aliphatic heterocycles. The summed E-state index contributed by atoms with van der Waals surface area (Å²) in [5.74, 6) is 0.614. The number of carbonyl (C=O) groups excluding carboxylic acids is 1. The van der Waals surface area contributed by atoms with Crippen LogP contribution in [0, 0.1) is 17.0 Å². The smallest absolute Gasteiger partial charge is 0.276 e. The van der Waals surface area contributed by atoms with Gasteiger partial charge in [0, 0.05) is 18.7 Å². The third-order valence-corrected chi connectivity index (χ3v) is 5.47. The van der Waals surface area contributed by atoms with Gasteiger partial charge in [0.1, 0.15) is 5.75 Å². The Hall–Kier alpha value is -3.75. The summed E-state index contributed by atoms with van der Waals surface area (Å²) in [6, 6.07) is 13.9. The van der Waals surface area contributed by atoms with Crippen molar-refractivity contribution < 1.29 is 14.5 Å². The van der Waals surface area contributed by atoms with Gasteiger partial charge < -0.3 is 9.64 Å². The maximum absolute atomic E-state index is 13.3. The van der Waals surface area contributed by atoms with Crippen LogP contribution in [0.15, 0.2) is 48.5 Å². The number of carbonyl (C=O) groups is 1. The minimum atomic E-state index is -0.465. The summed E-state index contributed by atoms with van der Waals surface area (Å²) in [7, 11) is 0. The molecule has 2 aromatic carbocycles. The molecular formula is C22H23N5O4. The van der Waals surface area contributed by atoms with Crippen LogP contribution in [-0.2, 0) is 0 Å². The average molecular weight is 421 g/mol. The van der Waals surface area contributed by atoms with Crippen LogP contribution in [0.4, 0.5) is 5.69 Å². The molecule has 3 aromatic rings. The van der Waals surface area contributed by atoms with Gasteiger partial charge in [-0.2, -0.15) is 0 Å². The van der Waals surface area contributed by atoms with Crippen LogP contribution in [0.5, 0.6) is 5.75 Å². The summed E-state index contributed by atoms with van der Waals surface area (Å²) in [4.78, 5) is 25.8. The molecule has 31 heavy (non-hydrogen) atoms. The number of amides is 1. The van der Waals surface area contributed by atoms with Gasteiger partial charge in [-0.25, -0.2) is 4.68 Å². The second-order valence-electron chi connectivity index (χ2n) is 7.37. The van der Waals surface area contributed by atoms with E-state index in [1.807, 2.05) is 36.1 Å². The second-order valence-corrected chi connectivity index (χ2v) is 7.37. The lowest BCUT2D eigenvalue weighted by Gasteiger charge is -2.24. The Kier molecular flexibility index (Phi) is 5.66. The number of benzene rings is 2. The minimum Gasteiger partial charge on any atom is -0.494 e. The van der Waals surface area contributed by atoms with Crippen LogP contribution in [0.25, 0.3) is 5.69 Å². The maximum Gasteiger partial charge on any atom is 0.276 e. The first-order chi connectivity index (χ1) is 15.0. The first-order valence-electron chi connectivity index (χ1n) is 10.2. The minimum absolute atomic E-state index is 0.0365. The Morgan fingerprint density at radius 3 is 2.74 bits per heavy atom. The van der Waals surface area contributed by atoms with Crippen LogP contribution in [0.1, 0.15) is 47.6 Å². The van der Waals surface area contributed by atoms with Gasteiger partial charge in [-0.15, -0.1) is 5.10 Å². The van der Waals surface area contributed by atoms with Gasteiger partial charge in [-0.05, 0) is 50.5 Å². The summed E-state index contributed by atoms with van der Waals surface area (Å²) >= 11 is 0. The summed E-state index contributed by atoms with van der Waals surface area (Å²) in [5, 5.41) is 19.3. The van der Waals surface area contributed by atoms with Crippen LogP contribution in [0.3, 0.4) is 0 Å². The number of nitro benzene ring substituents is 1. The standard InChI is InChI=1S/C22H23N5O4/c1-3-31-19-11-9-16(10-12-19)20-8-5-13-25(20)22(28)21-15(2)26(24-23-21)17-6-4-7-18(14-17)27(29)30/h4,6-7,9-12,14,20H,3,5,8,13H2,1-2H3. The van der Waals surface area contributed by atoms with Gasteiger partial charge in [0.25, 0.3) is 11.6 Å². The van der Waals surface area contributed by atoms with Crippen molar-refractivity contribution in [2.45, 2.75) is 32.7 Å².